The molecule has 0 aliphatic carbocycles. The normalized spacial score (nSPS) is 10.2. The molecule has 0 spiro atoms. The van der Waals surface area contributed by atoms with Crippen molar-refractivity contribution < 1.29 is 9.66 Å². The van der Waals surface area contributed by atoms with E-state index in [2.05, 4.69) is 10.3 Å². The molecule has 0 fully saturated rings. The van der Waals surface area contributed by atoms with Crippen molar-refractivity contribution in [2.24, 2.45) is 0 Å². The van der Waals surface area contributed by atoms with Crippen LogP contribution in [0.1, 0.15) is 0 Å². The smallest absolute Gasteiger partial charge is 0.331 e. The zero-order valence-electron chi connectivity index (χ0n) is 10.3. The van der Waals surface area contributed by atoms with Gasteiger partial charge in [0.2, 0.25) is 0 Å². The van der Waals surface area contributed by atoms with Gasteiger partial charge in [0.25, 0.3) is 0 Å². The lowest BCUT2D eigenvalue weighted by Crippen LogP contribution is -1.99. The fourth-order valence-corrected chi connectivity index (χ4v) is 1.73. The van der Waals surface area contributed by atoms with E-state index in [1.165, 1.54) is 24.3 Å². The molecule has 0 unspecified atom stereocenters. The van der Waals surface area contributed by atoms with Crippen LogP contribution >= 0.6 is 23.2 Å². The van der Waals surface area contributed by atoms with Crippen LogP contribution in [0.5, 0.6) is 11.6 Å². The van der Waals surface area contributed by atoms with E-state index >= 15 is 0 Å². The summed E-state index contributed by atoms with van der Waals surface area (Å²) in [7, 11) is 1.65. The first kappa shape index (κ1) is 14.4. The Morgan fingerprint density at radius 3 is 2.60 bits per heavy atom. The molecular weight excluding hydrogens is 305 g/mol. The van der Waals surface area contributed by atoms with Gasteiger partial charge < -0.3 is 10.1 Å². The van der Waals surface area contributed by atoms with Crippen LogP contribution in [0.2, 0.25) is 10.0 Å². The Morgan fingerprint density at radius 2 is 2.00 bits per heavy atom. The number of pyridine rings is 1. The van der Waals surface area contributed by atoms with Gasteiger partial charge in [-0.1, -0.05) is 23.2 Å². The van der Waals surface area contributed by atoms with Gasteiger partial charge in [0.05, 0.1) is 15.0 Å². The van der Waals surface area contributed by atoms with Crippen LogP contribution in [0.25, 0.3) is 0 Å². The van der Waals surface area contributed by atoms with Crippen molar-refractivity contribution in [2.45, 2.75) is 0 Å². The van der Waals surface area contributed by atoms with Gasteiger partial charge in [-0.15, -0.1) is 0 Å². The first-order chi connectivity index (χ1) is 9.51. The molecule has 0 atom stereocenters. The van der Waals surface area contributed by atoms with E-state index < -0.39 is 4.92 Å². The Kier molecular flexibility index (Phi) is 4.26. The third-order valence-corrected chi connectivity index (χ3v) is 3.14. The molecule has 0 radical (unpaired) electrons. The number of rotatable bonds is 4. The highest BCUT2D eigenvalue weighted by Gasteiger charge is 2.18. The van der Waals surface area contributed by atoms with Crippen molar-refractivity contribution in [3.8, 4) is 11.6 Å². The summed E-state index contributed by atoms with van der Waals surface area (Å²) < 4.78 is 5.41. The van der Waals surface area contributed by atoms with Crippen LogP contribution in [0.15, 0.2) is 30.3 Å². The van der Waals surface area contributed by atoms with E-state index in [-0.39, 0.29) is 16.6 Å². The average molecular weight is 314 g/mol. The molecule has 0 bridgehead atoms. The summed E-state index contributed by atoms with van der Waals surface area (Å²) in [5, 5.41) is 14.4. The van der Waals surface area contributed by atoms with Gasteiger partial charge >= 0.3 is 11.6 Å². The SMILES string of the molecule is CNc1ccc([N+](=O)[O-])c(Oc2ccc(Cl)c(Cl)c2)n1. The summed E-state index contributed by atoms with van der Waals surface area (Å²) in [6, 6.07) is 7.34. The van der Waals surface area contributed by atoms with Crippen molar-refractivity contribution in [3.05, 3.63) is 50.5 Å². The van der Waals surface area contributed by atoms with Crippen molar-refractivity contribution in [1.29, 1.82) is 0 Å². The molecule has 20 heavy (non-hydrogen) atoms. The largest absolute Gasteiger partial charge is 0.434 e. The predicted molar refractivity (Wildman–Crippen MR) is 77.0 cm³/mol. The van der Waals surface area contributed by atoms with Crippen molar-refractivity contribution in [2.75, 3.05) is 12.4 Å². The lowest BCUT2D eigenvalue weighted by molar-refractivity contribution is -0.386. The van der Waals surface area contributed by atoms with E-state index in [1.54, 1.807) is 13.1 Å². The summed E-state index contributed by atoms with van der Waals surface area (Å²) >= 11 is 11.7. The summed E-state index contributed by atoms with van der Waals surface area (Å²) in [4.78, 5) is 14.4. The number of ether oxygens (including phenoxy) is 1. The molecule has 1 aromatic heterocycles. The molecule has 0 saturated carbocycles. The zero-order valence-corrected chi connectivity index (χ0v) is 11.8. The van der Waals surface area contributed by atoms with Crippen LogP contribution in [-0.4, -0.2) is 17.0 Å². The number of anilines is 1. The minimum Gasteiger partial charge on any atom is -0.434 e. The Bertz CT molecular complexity index is 664. The first-order valence-electron chi connectivity index (χ1n) is 5.47. The third-order valence-electron chi connectivity index (χ3n) is 2.40. The molecule has 6 nitrogen and oxygen atoms in total. The minimum atomic E-state index is -0.570. The number of benzene rings is 1. The quantitative estimate of drug-likeness (QED) is 0.678. The third kappa shape index (κ3) is 3.09. The maximum absolute atomic E-state index is 11.0. The first-order valence-corrected chi connectivity index (χ1v) is 6.23. The summed E-state index contributed by atoms with van der Waals surface area (Å²) in [6.45, 7) is 0. The molecule has 1 heterocycles. The Balaban J connectivity index is 2.40. The Hall–Kier alpha value is -2.05. The van der Waals surface area contributed by atoms with Gasteiger partial charge in [0, 0.05) is 19.2 Å². The van der Waals surface area contributed by atoms with E-state index in [4.69, 9.17) is 27.9 Å². The van der Waals surface area contributed by atoms with Gasteiger partial charge in [0.1, 0.15) is 11.6 Å². The van der Waals surface area contributed by atoms with Gasteiger partial charge in [-0.05, 0) is 18.2 Å². The summed E-state index contributed by atoms with van der Waals surface area (Å²) in [5.41, 5.74) is -0.241. The molecule has 2 rings (SSSR count). The molecule has 0 amide bonds. The highest BCUT2D eigenvalue weighted by atomic mass is 35.5. The van der Waals surface area contributed by atoms with E-state index in [1.807, 2.05) is 0 Å². The number of hydrogen-bond donors (Lipinski definition) is 1. The topological polar surface area (TPSA) is 77.3 Å². The van der Waals surface area contributed by atoms with Crippen molar-refractivity contribution in [3.63, 3.8) is 0 Å². The van der Waals surface area contributed by atoms with E-state index in [9.17, 15) is 10.1 Å². The monoisotopic (exact) mass is 313 g/mol. The number of nitro groups is 1. The maximum Gasteiger partial charge on any atom is 0.331 e. The van der Waals surface area contributed by atoms with Gasteiger partial charge in [0.15, 0.2) is 0 Å². The second-order valence-corrected chi connectivity index (χ2v) is 4.52. The van der Waals surface area contributed by atoms with E-state index in [0.29, 0.717) is 16.6 Å². The van der Waals surface area contributed by atoms with Crippen molar-refractivity contribution in [1.82, 2.24) is 4.98 Å². The maximum atomic E-state index is 11.0. The molecule has 8 heteroatoms. The Labute approximate surface area is 124 Å². The second-order valence-electron chi connectivity index (χ2n) is 3.71. The average Bonchev–Trinajstić information content (AvgIpc) is 2.42. The van der Waals surface area contributed by atoms with E-state index in [0.717, 1.165) is 0 Å². The van der Waals surface area contributed by atoms with Crippen LogP contribution in [0, 0.1) is 10.1 Å². The molecule has 1 N–H and O–H groups in total. The van der Waals surface area contributed by atoms with Gasteiger partial charge in [-0.3, -0.25) is 10.1 Å². The standard InChI is InChI=1S/C12H9Cl2N3O3/c1-15-11-5-4-10(17(18)19)12(16-11)20-7-2-3-8(13)9(14)6-7/h2-6H,1H3,(H,15,16). The van der Waals surface area contributed by atoms with Crippen LogP contribution in [0.4, 0.5) is 11.5 Å². The summed E-state index contributed by atoms with van der Waals surface area (Å²) in [6.07, 6.45) is 0. The molecule has 0 aliphatic rings. The van der Waals surface area contributed by atoms with Crippen LogP contribution in [0.3, 0.4) is 0 Å². The van der Waals surface area contributed by atoms with Gasteiger partial charge in [-0.2, -0.15) is 4.98 Å². The molecule has 0 saturated heterocycles. The predicted octanol–water partition coefficient (Wildman–Crippen LogP) is 4.13. The molecule has 104 valence electrons. The molecule has 2 aromatic rings. The molecule has 1 aromatic carbocycles. The summed E-state index contributed by atoms with van der Waals surface area (Å²) in [5.74, 6) is 0.633. The van der Waals surface area contributed by atoms with Crippen LogP contribution < -0.4 is 10.1 Å². The second kappa shape index (κ2) is 5.94. The lowest BCUT2D eigenvalue weighted by atomic mass is 10.3. The fourth-order valence-electron chi connectivity index (χ4n) is 1.44. The zero-order chi connectivity index (χ0) is 14.7. The number of nitrogens with one attached hydrogen (secondary N) is 1. The Morgan fingerprint density at radius 1 is 1.25 bits per heavy atom. The molecule has 0 aliphatic heterocycles. The number of hydrogen-bond acceptors (Lipinski definition) is 5. The number of halogens is 2. The fraction of sp³-hybridized carbons (Fsp3) is 0.0833. The van der Waals surface area contributed by atoms with Crippen molar-refractivity contribution >= 4 is 34.7 Å². The highest BCUT2D eigenvalue weighted by molar-refractivity contribution is 6.42. The highest BCUT2D eigenvalue weighted by Crippen LogP contribution is 2.33. The number of nitrogens with zero attached hydrogens (tertiary/aromatic N) is 2. The molecular formula is C12H9Cl2N3O3. The van der Waals surface area contributed by atoms with Crippen LogP contribution in [-0.2, 0) is 0 Å². The van der Waals surface area contributed by atoms with Gasteiger partial charge in [-0.25, -0.2) is 0 Å². The minimum absolute atomic E-state index is 0.125. The lowest BCUT2D eigenvalue weighted by Gasteiger charge is -2.07. The number of aromatic nitrogens is 1.